The highest BCUT2D eigenvalue weighted by atomic mass is 16.6. The minimum Gasteiger partial charge on any atom is -0.315 e. The van der Waals surface area contributed by atoms with Crippen molar-refractivity contribution in [3.05, 3.63) is 80.9 Å². The van der Waals surface area contributed by atoms with Crippen LogP contribution in [0.2, 0.25) is 0 Å². The molecule has 2 aromatic carbocycles. The molecule has 2 atom stereocenters. The van der Waals surface area contributed by atoms with Gasteiger partial charge in [0, 0.05) is 17.7 Å². The van der Waals surface area contributed by atoms with Gasteiger partial charge in [-0.1, -0.05) is 38.1 Å². The van der Waals surface area contributed by atoms with Gasteiger partial charge in [0.05, 0.1) is 4.92 Å². The summed E-state index contributed by atoms with van der Waals surface area (Å²) in [7, 11) is 0. The molecule has 1 saturated heterocycles. The minimum atomic E-state index is -0.383. The van der Waals surface area contributed by atoms with Crippen molar-refractivity contribution >= 4 is 11.8 Å². The third-order valence-corrected chi connectivity index (χ3v) is 4.80. The van der Waals surface area contributed by atoms with Crippen LogP contribution in [0.5, 0.6) is 0 Å². The molecular weight excluding hydrogens is 328 g/mol. The molecule has 0 bridgehead atoms. The minimum absolute atomic E-state index is 0.0278. The summed E-state index contributed by atoms with van der Waals surface area (Å²) in [6.07, 6.45) is 2.08. The van der Waals surface area contributed by atoms with Crippen LogP contribution in [-0.4, -0.2) is 17.7 Å². The van der Waals surface area contributed by atoms with Gasteiger partial charge in [-0.15, -0.1) is 0 Å². The number of non-ortho nitro benzene ring substituents is 1. The van der Waals surface area contributed by atoms with E-state index in [1.54, 1.807) is 12.1 Å². The second kappa shape index (κ2) is 7.81. The van der Waals surface area contributed by atoms with Crippen LogP contribution in [0.4, 0.5) is 5.69 Å². The number of nitro benzene ring substituents is 1. The molecular formula is C21H25N2O3+. The summed E-state index contributed by atoms with van der Waals surface area (Å²) < 4.78 is 6.15. The Morgan fingerprint density at radius 1 is 1.19 bits per heavy atom. The third-order valence-electron chi connectivity index (χ3n) is 4.80. The van der Waals surface area contributed by atoms with Crippen molar-refractivity contribution in [2.24, 2.45) is 0 Å². The molecule has 5 nitrogen and oxygen atoms in total. The molecule has 0 amide bonds. The van der Waals surface area contributed by atoms with Gasteiger partial charge in [0.15, 0.2) is 0 Å². The fourth-order valence-electron chi connectivity index (χ4n) is 3.18. The molecule has 2 aromatic rings. The number of nitro groups is 1. The third kappa shape index (κ3) is 4.18. The zero-order valence-corrected chi connectivity index (χ0v) is 15.4. The Hall–Kier alpha value is -2.50. The summed E-state index contributed by atoms with van der Waals surface area (Å²) in [5.74, 6) is 0.531. The summed E-state index contributed by atoms with van der Waals surface area (Å²) in [4.78, 5) is 10.4. The number of benzene rings is 2. The Kier molecular flexibility index (Phi) is 5.49. The topological polar surface area (TPSA) is 69.0 Å². The lowest BCUT2D eigenvalue weighted by molar-refractivity contribution is -0.681. The molecule has 0 aromatic heterocycles. The molecule has 0 spiro atoms. The first-order valence-electron chi connectivity index (χ1n) is 8.95. The summed E-state index contributed by atoms with van der Waals surface area (Å²) >= 11 is 0. The van der Waals surface area contributed by atoms with Crippen LogP contribution in [0.1, 0.15) is 49.5 Å². The van der Waals surface area contributed by atoms with Gasteiger partial charge in [-0.2, -0.15) is 0 Å². The lowest BCUT2D eigenvalue weighted by Crippen LogP contribution is -2.87. The standard InChI is InChI=1S/C21H24N2O3/c1-14(2)17-6-4-16(5-7-17)12-15(3)21-22-13-20(26-21)18-8-10-19(11-9-18)23(24)25/h4-12,14,20-22H,13H2,1-3H3/p+1/b15-12+/t20-,21+/m0/s1. The number of nitrogens with two attached hydrogens (primary N) is 1. The monoisotopic (exact) mass is 353 g/mol. The van der Waals surface area contributed by atoms with Gasteiger partial charge in [-0.3, -0.25) is 10.1 Å². The zero-order valence-electron chi connectivity index (χ0n) is 15.4. The van der Waals surface area contributed by atoms with Crippen molar-refractivity contribution < 1.29 is 15.0 Å². The molecule has 1 aliphatic rings. The number of ether oxygens (including phenoxy) is 1. The van der Waals surface area contributed by atoms with E-state index in [0.29, 0.717) is 5.92 Å². The van der Waals surface area contributed by atoms with Crippen LogP contribution in [0.3, 0.4) is 0 Å². The van der Waals surface area contributed by atoms with E-state index in [-0.39, 0.29) is 22.9 Å². The van der Waals surface area contributed by atoms with E-state index >= 15 is 0 Å². The maximum absolute atomic E-state index is 10.8. The molecule has 1 heterocycles. The maximum Gasteiger partial charge on any atom is 0.269 e. The highest BCUT2D eigenvalue weighted by molar-refractivity contribution is 5.53. The van der Waals surface area contributed by atoms with E-state index in [4.69, 9.17) is 4.74 Å². The van der Waals surface area contributed by atoms with Crippen molar-refractivity contribution in [3.8, 4) is 0 Å². The first-order valence-corrected chi connectivity index (χ1v) is 8.95. The Balaban J connectivity index is 1.66. The fraction of sp³-hybridized carbons (Fsp3) is 0.333. The lowest BCUT2D eigenvalue weighted by Gasteiger charge is -2.11. The molecule has 0 radical (unpaired) electrons. The van der Waals surface area contributed by atoms with E-state index < -0.39 is 0 Å². The predicted molar refractivity (Wildman–Crippen MR) is 102 cm³/mol. The molecule has 26 heavy (non-hydrogen) atoms. The largest absolute Gasteiger partial charge is 0.315 e. The number of quaternary nitrogens is 1. The smallest absolute Gasteiger partial charge is 0.269 e. The average molecular weight is 353 g/mol. The SMILES string of the molecule is C/C(=C\c1ccc(C(C)C)cc1)[C@@H]1[NH2+]C[C@@H](c2ccc([N+](=O)[O-])cc2)O1. The van der Waals surface area contributed by atoms with E-state index in [0.717, 1.165) is 17.7 Å². The molecule has 1 aliphatic heterocycles. The molecule has 0 unspecified atom stereocenters. The van der Waals surface area contributed by atoms with Crippen molar-refractivity contribution in [1.29, 1.82) is 0 Å². The molecule has 3 rings (SSSR count). The first-order chi connectivity index (χ1) is 12.4. The van der Waals surface area contributed by atoms with Gasteiger partial charge in [-0.25, -0.2) is 0 Å². The second-order valence-corrected chi connectivity index (χ2v) is 7.08. The molecule has 0 saturated carbocycles. The number of hydrogen-bond donors (Lipinski definition) is 1. The van der Waals surface area contributed by atoms with E-state index in [2.05, 4.69) is 56.4 Å². The van der Waals surface area contributed by atoms with Gasteiger partial charge < -0.3 is 10.1 Å². The number of hydrogen-bond acceptors (Lipinski definition) is 3. The van der Waals surface area contributed by atoms with E-state index in [9.17, 15) is 10.1 Å². The normalized spacial score (nSPS) is 20.5. The van der Waals surface area contributed by atoms with Crippen LogP contribution < -0.4 is 5.32 Å². The lowest BCUT2D eigenvalue weighted by atomic mass is 10.0. The van der Waals surface area contributed by atoms with Crippen molar-refractivity contribution in [3.63, 3.8) is 0 Å². The van der Waals surface area contributed by atoms with E-state index in [1.165, 1.54) is 23.3 Å². The van der Waals surface area contributed by atoms with Crippen LogP contribution in [-0.2, 0) is 4.74 Å². The summed E-state index contributed by atoms with van der Waals surface area (Å²) in [6.45, 7) is 7.27. The summed E-state index contributed by atoms with van der Waals surface area (Å²) in [6, 6.07) is 15.2. The second-order valence-electron chi connectivity index (χ2n) is 7.08. The van der Waals surface area contributed by atoms with Gasteiger partial charge >= 0.3 is 0 Å². The van der Waals surface area contributed by atoms with Crippen LogP contribution in [0.15, 0.2) is 54.1 Å². The zero-order chi connectivity index (χ0) is 18.7. The Labute approximate surface area is 153 Å². The summed E-state index contributed by atoms with van der Waals surface area (Å²) in [5, 5.41) is 12.9. The van der Waals surface area contributed by atoms with Gasteiger partial charge in [-0.05, 0) is 47.7 Å². The fourth-order valence-corrected chi connectivity index (χ4v) is 3.18. The van der Waals surface area contributed by atoms with Gasteiger partial charge in [0.1, 0.15) is 12.6 Å². The van der Waals surface area contributed by atoms with E-state index in [1.807, 2.05) is 0 Å². The molecule has 2 N–H and O–H groups in total. The first kappa shape index (κ1) is 18.3. The molecule has 136 valence electrons. The number of nitrogens with zero attached hydrogens (tertiary/aromatic N) is 1. The number of rotatable bonds is 5. The van der Waals surface area contributed by atoms with Crippen LogP contribution in [0, 0.1) is 10.1 Å². The molecule has 0 aliphatic carbocycles. The van der Waals surface area contributed by atoms with Crippen LogP contribution >= 0.6 is 0 Å². The highest BCUT2D eigenvalue weighted by Gasteiger charge is 2.31. The Bertz CT molecular complexity index is 795. The maximum atomic E-state index is 10.8. The quantitative estimate of drug-likeness (QED) is 0.657. The van der Waals surface area contributed by atoms with Crippen molar-refractivity contribution in [2.45, 2.75) is 39.0 Å². The molecule has 5 heteroatoms. The highest BCUT2D eigenvalue weighted by Crippen LogP contribution is 2.25. The average Bonchev–Trinajstić information content (AvgIpc) is 3.12. The predicted octanol–water partition coefficient (Wildman–Crippen LogP) is 3.78. The summed E-state index contributed by atoms with van der Waals surface area (Å²) in [5.41, 5.74) is 4.74. The Morgan fingerprint density at radius 3 is 2.42 bits per heavy atom. The Morgan fingerprint density at radius 2 is 1.85 bits per heavy atom. The molecule has 1 fully saturated rings. The van der Waals surface area contributed by atoms with Gasteiger partial charge in [0.2, 0.25) is 6.23 Å². The van der Waals surface area contributed by atoms with Crippen molar-refractivity contribution in [1.82, 2.24) is 0 Å². The van der Waals surface area contributed by atoms with Gasteiger partial charge in [0.25, 0.3) is 5.69 Å². The van der Waals surface area contributed by atoms with Crippen LogP contribution in [0.25, 0.3) is 6.08 Å². The van der Waals surface area contributed by atoms with Crippen molar-refractivity contribution in [2.75, 3.05) is 6.54 Å².